The van der Waals surface area contributed by atoms with Crippen LogP contribution in [0.25, 0.3) is 0 Å². The van der Waals surface area contributed by atoms with Crippen LogP contribution >= 0.6 is 0 Å². The number of likely N-dealkylation sites (tertiary alicyclic amines) is 1. The number of carbonyl (C=O) groups excluding carboxylic acids is 3. The molecule has 0 aromatic rings. The minimum Gasteiger partial charge on any atom is -0.369 e. The number of primary amides is 1. The standard InChI is InChI=1S/C15H25N3O3/c16-13(19)11-7-9-18(10-8-11)15(21)14(20)17-12-5-3-1-2-4-6-12/h11-12H,1-10H2,(H2,16,19)(H,17,20). The summed E-state index contributed by atoms with van der Waals surface area (Å²) in [7, 11) is 0. The minimum atomic E-state index is -0.501. The lowest BCUT2D eigenvalue weighted by Crippen LogP contribution is -2.49. The fourth-order valence-corrected chi connectivity index (χ4v) is 3.18. The zero-order chi connectivity index (χ0) is 15.2. The number of nitrogens with one attached hydrogen (secondary N) is 1. The lowest BCUT2D eigenvalue weighted by Gasteiger charge is -2.30. The summed E-state index contributed by atoms with van der Waals surface area (Å²) in [6, 6.07) is 0.132. The molecule has 3 N–H and O–H groups in total. The molecule has 0 aromatic carbocycles. The Hall–Kier alpha value is -1.59. The first-order valence-electron chi connectivity index (χ1n) is 7.97. The van der Waals surface area contributed by atoms with Crippen molar-refractivity contribution in [2.75, 3.05) is 13.1 Å². The molecule has 1 saturated carbocycles. The Labute approximate surface area is 125 Å². The summed E-state index contributed by atoms with van der Waals surface area (Å²) in [5.74, 6) is -1.45. The summed E-state index contributed by atoms with van der Waals surface area (Å²) >= 11 is 0. The van der Waals surface area contributed by atoms with Gasteiger partial charge in [-0.05, 0) is 25.7 Å². The van der Waals surface area contributed by atoms with Crippen molar-refractivity contribution in [2.45, 2.75) is 57.4 Å². The molecular weight excluding hydrogens is 270 g/mol. The highest BCUT2D eigenvalue weighted by atomic mass is 16.2. The first-order chi connectivity index (χ1) is 10.1. The summed E-state index contributed by atoms with van der Waals surface area (Å²) < 4.78 is 0. The van der Waals surface area contributed by atoms with Gasteiger partial charge >= 0.3 is 11.8 Å². The lowest BCUT2D eigenvalue weighted by atomic mass is 9.96. The molecule has 0 bridgehead atoms. The van der Waals surface area contributed by atoms with Crippen LogP contribution in [0.4, 0.5) is 0 Å². The largest absolute Gasteiger partial charge is 0.369 e. The molecule has 1 saturated heterocycles. The predicted octanol–water partition coefficient (Wildman–Crippen LogP) is 0.549. The smallest absolute Gasteiger partial charge is 0.311 e. The number of amides is 3. The Balaban J connectivity index is 1.79. The van der Waals surface area contributed by atoms with E-state index < -0.39 is 11.8 Å². The van der Waals surface area contributed by atoms with Gasteiger partial charge in [0.25, 0.3) is 0 Å². The average Bonchev–Trinajstić information content (AvgIpc) is 2.75. The number of nitrogens with two attached hydrogens (primary N) is 1. The first-order valence-corrected chi connectivity index (χ1v) is 7.97. The Kier molecular flexibility index (Phi) is 5.59. The van der Waals surface area contributed by atoms with Crippen molar-refractivity contribution < 1.29 is 14.4 Å². The summed E-state index contributed by atoms with van der Waals surface area (Å²) in [4.78, 5) is 36.8. The highest BCUT2D eigenvalue weighted by Gasteiger charge is 2.30. The second-order valence-electron chi connectivity index (χ2n) is 6.13. The minimum absolute atomic E-state index is 0.132. The van der Waals surface area contributed by atoms with Crippen LogP contribution in [0.3, 0.4) is 0 Å². The van der Waals surface area contributed by atoms with Crippen LogP contribution in [0.15, 0.2) is 0 Å². The molecular formula is C15H25N3O3. The van der Waals surface area contributed by atoms with Crippen molar-refractivity contribution in [3.63, 3.8) is 0 Å². The number of carbonyl (C=O) groups is 3. The van der Waals surface area contributed by atoms with E-state index in [9.17, 15) is 14.4 Å². The molecule has 0 aromatic heterocycles. The van der Waals surface area contributed by atoms with E-state index in [-0.39, 0.29) is 17.9 Å². The molecule has 2 fully saturated rings. The van der Waals surface area contributed by atoms with Crippen LogP contribution in [0, 0.1) is 5.92 Å². The van der Waals surface area contributed by atoms with Gasteiger partial charge in [0, 0.05) is 25.0 Å². The van der Waals surface area contributed by atoms with Gasteiger partial charge in [-0.25, -0.2) is 0 Å². The second-order valence-corrected chi connectivity index (χ2v) is 6.13. The Morgan fingerprint density at radius 1 is 0.905 bits per heavy atom. The zero-order valence-corrected chi connectivity index (χ0v) is 12.5. The van der Waals surface area contributed by atoms with E-state index >= 15 is 0 Å². The highest BCUT2D eigenvalue weighted by Crippen LogP contribution is 2.18. The molecule has 2 rings (SSSR count). The molecule has 0 spiro atoms. The number of nitrogens with zero attached hydrogens (tertiary/aromatic N) is 1. The maximum Gasteiger partial charge on any atom is 0.311 e. The normalized spacial score (nSPS) is 21.6. The van der Waals surface area contributed by atoms with E-state index in [2.05, 4.69) is 5.32 Å². The van der Waals surface area contributed by atoms with Crippen molar-refractivity contribution in [1.82, 2.24) is 10.2 Å². The van der Waals surface area contributed by atoms with Crippen LogP contribution in [-0.4, -0.2) is 41.8 Å². The van der Waals surface area contributed by atoms with Crippen LogP contribution in [0.2, 0.25) is 0 Å². The fraction of sp³-hybridized carbons (Fsp3) is 0.800. The average molecular weight is 295 g/mol. The maximum absolute atomic E-state index is 12.1. The summed E-state index contributed by atoms with van der Waals surface area (Å²) in [6.07, 6.45) is 7.68. The van der Waals surface area contributed by atoms with E-state index in [0.717, 1.165) is 25.7 Å². The van der Waals surface area contributed by atoms with Crippen molar-refractivity contribution in [1.29, 1.82) is 0 Å². The van der Waals surface area contributed by atoms with E-state index in [1.807, 2.05) is 0 Å². The third-order valence-electron chi connectivity index (χ3n) is 4.57. The third-order valence-corrected chi connectivity index (χ3v) is 4.57. The van der Waals surface area contributed by atoms with E-state index in [4.69, 9.17) is 5.73 Å². The quantitative estimate of drug-likeness (QED) is 0.575. The van der Waals surface area contributed by atoms with Crippen LogP contribution in [0.1, 0.15) is 51.4 Å². The van der Waals surface area contributed by atoms with Gasteiger partial charge in [0.15, 0.2) is 0 Å². The zero-order valence-electron chi connectivity index (χ0n) is 12.5. The van der Waals surface area contributed by atoms with Crippen molar-refractivity contribution in [3.05, 3.63) is 0 Å². The predicted molar refractivity (Wildman–Crippen MR) is 78.1 cm³/mol. The van der Waals surface area contributed by atoms with Crippen molar-refractivity contribution in [3.8, 4) is 0 Å². The topological polar surface area (TPSA) is 92.5 Å². The number of hydrogen-bond donors (Lipinski definition) is 2. The first kappa shape index (κ1) is 15.8. The maximum atomic E-state index is 12.1. The fourth-order valence-electron chi connectivity index (χ4n) is 3.18. The third kappa shape index (κ3) is 4.44. The van der Waals surface area contributed by atoms with Gasteiger partial charge in [-0.3, -0.25) is 14.4 Å². The lowest BCUT2D eigenvalue weighted by molar-refractivity contribution is -0.147. The molecule has 2 aliphatic rings. The van der Waals surface area contributed by atoms with Crippen LogP contribution < -0.4 is 11.1 Å². The summed E-state index contributed by atoms with van der Waals surface area (Å²) in [6.45, 7) is 0.870. The van der Waals surface area contributed by atoms with Gasteiger partial charge in [0.05, 0.1) is 0 Å². The van der Waals surface area contributed by atoms with Crippen LogP contribution in [0.5, 0.6) is 0 Å². The van der Waals surface area contributed by atoms with E-state index in [1.54, 1.807) is 0 Å². The van der Waals surface area contributed by atoms with Gasteiger partial charge in [-0.15, -0.1) is 0 Å². The number of piperidine rings is 1. The van der Waals surface area contributed by atoms with Gasteiger partial charge in [0.1, 0.15) is 0 Å². The molecule has 118 valence electrons. The number of hydrogen-bond acceptors (Lipinski definition) is 3. The van der Waals surface area contributed by atoms with E-state index in [1.165, 1.54) is 17.7 Å². The number of rotatable bonds is 2. The van der Waals surface area contributed by atoms with E-state index in [0.29, 0.717) is 25.9 Å². The molecule has 0 unspecified atom stereocenters. The van der Waals surface area contributed by atoms with Crippen LogP contribution in [-0.2, 0) is 14.4 Å². The second kappa shape index (κ2) is 7.43. The van der Waals surface area contributed by atoms with Gasteiger partial charge in [0.2, 0.25) is 5.91 Å². The molecule has 3 amide bonds. The highest BCUT2D eigenvalue weighted by molar-refractivity contribution is 6.35. The van der Waals surface area contributed by atoms with Gasteiger partial charge in [-0.2, -0.15) is 0 Å². The SMILES string of the molecule is NC(=O)C1CCN(C(=O)C(=O)NC2CCCCCC2)CC1. The summed E-state index contributed by atoms with van der Waals surface area (Å²) in [5, 5.41) is 2.87. The molecule has 1 heterocycles. The van der Waals surface area contributed by atoms with Crippen molar-refractivity contribution >= 4 is 17.7 Å². The molecule has 1 aliphatic heterocycles. The monoisotopic (exact) mass is 295 g/mol. The summed E-state index contributed by atoms with van der Waals surface area (Å²) in [5.41, 5.74) is 5.27. The molecule has 21 heavy (non-hydrogen) atoms. The Morgan fingerprint density at radius 3 is 2.00 bits per heavy atom. The molecule has 0 atom stereocenters. The Morgan fingerprint density at radius 2 is 1.48 bits per heavy atom. The Bertz CT molecular complexity index is 395. The van der Waals surface area contributed by atoms with Crippen molar-refractivity contribution in [2.24, 2.45) is 11.7 Å². The molecule has 0 radical (unpaired) electrons. The molecule has 6 nitrogen and oxygen atoms in total. The molecule has 6 heteroatoms. The molecule has 1 aliphatic carbocycles. The van der Waals surface area contributed by atoms with Gasteiger partial charge in [-0.1, -0.05) is 25.7 Å². The van der Waals surface area contributed by atoms with Gasteiger partial charge < -0.3 is 16.0 Å².